The summed E-state index contributed by atoms with van der Waals surface area (Å²) in [4.78, 5) is 4.38. The van der Waals surface area contributed by atoms with Gasteiger partial charge in [0, 0.05) is 23.7 Å². The van der Waals surface area contributed by atoms with Crippen LogP contribution in [-0.4, -0.2) is 15.9 Å². The lowest BCUT2D eigenvalue weighted by Gasteiger charge is -2.17. The first kappa shape index (κ1) is 14.8. The fourth-order valence-corrected chi connectivity index (χ4v) is 2.25. The molecule has 2 aromatic rings. The normalized spacial score (nSPS) is 13.2. The third kappa shape index (κ3) is 2.65. The Labute approximate surface area is 115 Å². The molecule has 20 heavy (non-hydrogen) atoms. The first-order valence-corrected chi connectivity index (χ1v) is 6.43. The number of rotatable bonds is 2. The van der Waals surface area contributed by atoms with Gasteiger partial charge in [0.05, 0.1) is 11.3 Å². The van der Waals surface area contributed by atoms with Crippen LogP contribution in [0.1, 0.15) is 37.7 Å². The van der Waals surface area contributed by atoms with Crippen molar-refractivity contribution in [1.29, 1.82) is 0 Å². The van der Waals surface area contributed by atoms with E-state index in [1.54, 1.807) is 4.40 Å². The predicted octanol–water partition coefficient (Wildman–Crippen LogP) is 3.15. The minimum atomic E-state index is -4.36. The molecule has 2 aromatic heterocycles. The summed E-state index contributed by atoms with van der Waals surface area (Å²) in [6.07, 6.45) is -2.35. The van der Waals surface area contributed by atoms with E-state index in [1.807, 2.05) is 20.8 Å². The molecular weight excluding hydrogens is 267 g/mol. The van der Waals surface area contributed by atoms with E-state index in [4.69, 9.17) is 5.73 Å². The van der Waals surface area contributed by atoms with E-state index in [1.165, 1.54) is 6.20 Å². The summed E-state index contributed by atoms with van der Waals surface area (Å²) in [5.74, 6) is 0. The number of pyridine rings is 1. The van der Waals surface area contributed by atoms with E-state index >= 15 is 0 Å². The summed E-state index contributed by atoms with van der Waals surface area (Å²) in [5.41, 5.74) is 6.66. The average Bonchev–Trinajstić information content (AvgIpc) is 2.67. The van der Waals surface area contributed by atoms with Crippen molar-refractivity contribution in [2.75, 3.05) is 6.54 Å². The molecular formula is C14H18F3N3. The fourth-order valence-electron chi connectivity index (χ4n) is 2.25. The zero-order valence-electron chi connectivity index (χ0n) is 11.8. The highest BCUT2D eigenvalue weighted by Gasteiger charge is 2.31. The van der Waals surface area contributed by atoms with Crippen molar-refractivity contribution in [1.82, 2.24) is 9.38 Å². The third-order valence-electron chi connectivity index (χ3n) is 3.14. The van der Waals surface area contributed by atoms with Crippen molar-refractivity contribution >= 4 is 5.65 Å². The number of fused-ring (bicyclic) bond motifs is 1. The van der Waals surface area contributed by atoms with Gasteiger partial charge in [-0.15, -0.1) is 0 Å². The molecule has 0 aliphatic rings. The molecule has 6 heteroatoms. The van der Waals surface area contributed by atoms with Crippen LogP contribution in [0.3, 0.4) is 0 Å². The molecule has 0 fully saturated rings. The number of halogens is 3. The Hall–Kier alpha value is -1.56. The van der Waals surface area contributed by atoms with E-state index in [9.17, 15) is 13.2 Å². The van der Waals surface area contributed by atoms with Crippen LogP contribution < -0.4 is 5.73 Å². The van der Waals surface area contributed by atoms with Gasteiger partial charge in [0.25, 0.3) is 0 Å². The van der Waals surface area contributed by atoms with Crippen LogP contribution in [-0.2, 0) is 18.0 Å². The lowest BCUT2D eigenvalue weighted by molar-refractivity contribution is -0.137. The second-order valence-corrected chi connectivity index (χ2v) is 5.84. The highest BCUT2D eigenvalue weighted by Crippen LogP contribution is 2.32. The van der Waals surface area contributed by atoms with Gasteiger partial charge in [-0.3, -0.25) is 0 Å². The van der Waals surface area contributed by atoms with Crippen molar-refractivity contribution in [3.8, 4) is 0 Å². The van der Waals surface area contributed by atoms with Crippen molar-refractivity contribution in [3.05, 3.63) is 35.3 Å². The standard InChI is InChI=1S/C14H18F3N3/c1-13(2,3)12-10(4-6-18)20-7-5-9(14(15,16)17)8-11(20)19-12/h5,7-8H,4,6,18H2,1-3H3. The van der Waals surface area contributed by atoms with Crippen molar-refractivity contribution in [2.24, 2.45) is 5.73 Å². The Kier molecular flexibility index (Phi) is 3.54. The monoisotopic (exact) mass is 285 g/mol. The quantitative estimate of drug-likeness (QED) is 0.921. The van der Waals surface area contributed by atoms with Crippen LogP contribution >= 0.6 is 0 Å². The van der Waals surface area contributed by atoms with Crippen molar-refractivity contribution < 1.29 is 13.2 Å². The number of alkyl halides is 3. The first-order valence-electron chi connectivity index (χ1n) is 6.43. The number of hydrogen-bond acceptors (Lipinski definition) is 2. The Morgan fingerprint density at radius 2 is 1.90 bits per heavy atom. The molecule has 2 N–H and O–H groups in total. The van der Waals surface area contributed by atoms with Crippen LogP contribution in [0.2, 0.25) is 0 Å². The number of hydrogen-bond donors (Lipinski definition) is 1. The van der Waals surface area contributed by atoms with Gasteiger partial charge in [-0.05, 0) is 18.7 Å². The third-order valence-corrected chi connectivity index (χ3v) is 3.14. The van der Waals surface area contributed by atoms with E-state index in [2.05, 4.69) is 4.98 Å². The van der Waals surface area contributed by atoms with Crippen LogP contribution in [0.5, 0.6) is 0 Å². The zero-order valence-corrected chi connectivity index (χ0v) is 11.8. The van der Waals surface area contributed by atoms with Crippen molar-refractivity contribution in [2.45, 2.75) is 38.8 Å². The highest BCUT2D eigenvalue weighted by atomic mass is 19.4. The van der Waals surface area contributed by atoms with Gasteiger partial charge < -0.3 is 10.1 Å². The molecule has 3 nitrogen and oxygen atoms in total. The molecule has 0 atom stereocenters. The minimum absolute atomic E-state index is 0.241. The predicted molar refractivity (Wildman–Crippen MR) is 71.7 cm³/mol. The molecule has 0 saturated carbocycles. The van der Waals surface area contributed by atoms with Crippen molar-refractivity contribution in [3.63, 3.8) is 0 Å². The van der Waals surface area contributed by atoms with E-state index in [0.717, 1.165) is 23.5 Å². The maximum atomic E-state index is 12.7. The van der Waals surface area contributed by atoms with Crippen LogP contribution in [0.4, 0.5) is 13.2 Å². The molecule has 0 saturated heterocycles. The Bertz CT molecular complexity index is 621. The highest BCUT2D eigenvalue weighted by molar-refractivity contribution is 5.48. The SMILES string of the molecule is CC(C)(C)c1nc2cc(C(F)(F)F)ccn2c1CCN. The van der Waals surface area contributed by atoms with E-state index in [-0.39, 0.29) is 5.41 Å². The second-order valence-electron chi connectivity index (χ2n) is 5.84. The molecule has 2 heterocycles. The Morgan fingerprint density at radius 1 is 1.25 bits per heavy atom. The number of imidazole rings is 1. The van der Waals surface area contributed by atoms with Gasteiger partial charge in [0.2, 0.25) is 0 Å². The van der Waals surface area contributed by atoms with Crippen LogP contribution in [0.15, 0.2) is 18.3 Å². The number of nitrogens with two attached hydrogens (primary N) is 1. The van der Waals surface area contributed by atoms with Gasteiger partial charge in [-0.1, -0.05) is 20.8 Å². The molecule has 0 amide bonds. The van der Waals surface area contributed by atoms with Gasteiger partial charge in [0.15, 0.2) is 0 Å². The summed E-state index contributed by atoms with van der Waals surface area (Å²) >= 11 is 0. The topological polar surface area (TPSA) is 43.3 Å². The Morgan fingerprint density at radius 3 is 2.40 bits per heavy atom. The van der Waals surface area contributed by atoms with Gasteiger partial charge in [0.1, 0.15) is 5.65 Å². The Balaban J connectivity index is 2.67. The summed E-state index contributed by atoms with van der Waals surface area (Å²) in [6.45, 7) is 6.39. The number of nitrogens with zero attached hydrogens (tertiary/aromatic N) is 2. The fraction of sp³-hybridized carbons (Fsp3) is 0.500. The number of aromatic nitrogens is 2. The molecule has 110 valence electrons. The van der Waals surface area contributed by atoms with E-state index in [0.29, 0.717) is 18.6 Å². The molecule has 0 radical (unpaired) electrons. The summed E-state index contributed by atoms with van der Waals surface area (Å²) in [6, 6.07) is 2.15. The second kappa shape index (κ2) is 4.77. The van der Waals surface area contributed by atoms with Gasteiger partial charge in [-0.25, -0.2) is 4.98 Å². The smallest absolute Gasteiger partial charge is 0.330 e. The lowest BCUT2D eigenvalue weighted by Crippen LogP contribution is -2.17. The summed E-state index contributed by atoms with van der Waals surface area (Å²) < 4.78 is 39.9. The van der Waals surface area contributed by atoms with Crippen LogP contribution in [0, 0.1) is 0 Å². The summed E-state index contributed by atoms with van der Waals surface area (Å²) in [5, 5.41) is 0. The summed E-state index contributed by atoms with van der Waals surface area (Å²) in [7, 11) is 0. The van der Waals surface area contributed by atoms with Gasteiger partial charge in [-0.2, -0.15) is 13.2 Å². The minimum Gasteiger partial charge on any atom is -0.330 e. The van der Waals surface area contributed by atoms with Gasteiger partial charge >= 0.3 is 6.18 Å². The molecule has 0 aliphatic heterocycles. The lowest BCUT2D eigenvalue weighted by atomic mass is 9.90. The molecule has 0 spiro atoms. The average molecular weight is 285 g/mol. The first-order chi connectivity index (χ1) is 9.14. The molecule has 2 rings (SSSR count). The maximum Gasteiger partial charge on any atom is 0.416 e. The van der Waals surface area contributed by atoms with E-state index < -0.39 is 11.7 Å². The molecule has 0 aromatic carbocycles. The largest absolute Gasteiger partial charge is 0.416 e. The molecule has 0 aliphatic carbocycles. The zero-order chi connectivity index (χ0) is 15.1. The molecule has 0 bridgehead atoms. The maximum absolute atomic E-state index is 12.7. The molecule has 0 unspecified atom stereocenters. The van der Waals surface area contributed by atoms with Crippen LogP contribution in [0.25, 0.3) is 5.65 Å².